The van der Waals surface area contributed by atoms with E-state index in [1.807, 2.05) is 0 Å². The third-order valence-electron chi connectivity index (χ3n) is 4.34. The lowest BCUT2D eigenvalue weighted by Crippen LogP contribution is -2.43. The van der Waals surface area contributed by atoms with Crippen LogP contribution in [0.2, 0.25) is 16.6 Å². The Morgan fingerprint density at radius 3 is 2.10 bits per heavy atom. The summed E-state index contributed by atoms with van der Waals surface area (Å²) >= 11 is 0. The molecule has 0 amide bonds. The summed E-state index contributed by atoms with van der Waals surface area (Å²) in [5, 5.41) is 0. The zero-order valence-corrected chi connectivity index (χ0v) is 14.9. The van der Waals surface area contributed by atoms with Crippen LogP contribution >= 0.6 is 0 Å². The number of hydrogen-bond acceptors (Lipinski definition) is 3. The van der Waals surface area contributed by atoms with Gasteiger partial charge in [-0.3, -0.25) is 4.79 Å². The maximum Gasteiger partial charge on any atom is 0.239 e. The quantitative estimate of drug-likeness (QED) is 0.518. The standard InChI is InChI=1S/C17H26N2OSi/c1-12(2)21(13(3)4,14(5)6)11-9-16(20)15-8-7-10-19-17(15)18/h7-8,10,12-14H,1-6H3,(H2,18,19). The molecule has 0 saturated carbocycles. The first-order valence-corrected chi connectivity index (χ1v) is 9.74. The summed E-state index contributed by atoms with van der Waals surface area (Å²) in [7, 11) is -1.88. The van der Waals surface area contributed by atoms with Crippen molar-refractivity contribution in [1.82, 2.24) is 4.98 Å². The Morgan fingerprint density at radius 2 is 1.67 bits per heavy atom. The van der Waals surface area contributed by atoms with Crippen molar-refractivity contribution in [2.75, 3.05) is 5.73 Å². The van der Waals surface area contributed by atoms with E-state index in [4.69, 9.17) is 5.73 Å². The van der Waals surface area contributed by atoms with Gasteiger partial charge >= 0.3 is 0 Å². The van der Waals surface area contributed by atoms with Gasteiger partial charge in [-0.15, -0.1) is 5.54 Å². The summed E-state index contributed by atoms with van der Waals surface area (Å²) in [5.74, 6) is 2.91. The molecule has 2 N–H and O–H groups in total. The van der Waals surface area contributed by atoms with Gasteiger partial charge in [-0.05, 0) is 34.7 Å². The lowest BCUT2D eigenvalue weighted by molar-refractivity contribution is 0.105. The number of nitrogens with zero attached hydrogens (tertiary/aromatic N) is 1. The molecule has 3 nitrogen and oxygen atoms in total. The number of carbonyl (C=O) groups is 1. The number of anilines is 1. The van der Waals surface area contributed by atoms with Gasteiger partial charge in [0.1, 0.15) is 13.9 Å². The molecule has 0 aliphatic rings. The molecule has 1 aromatic rings. The third kappa shape index (κ3) is 3.54. The molecule has 0 unspecified atom stereocenters. The van der Waals surface area contributed by atoms with Crippen molar-refractivity contribution >= 4 is 19.7 Å². The number of Topliss-reactive ketones (excluding diaryl/α,β-unsaturated/α-hetero) is 1. The van der Waals surface area contributed by atoms with Crippen LogP contribution < -0.4 is 5.73 Å². The fourth-order valence-corrected chi connectivity index (χ4v) is 8.47. The molecule has 0 atom stereocenters. The highest BCUT2D eigenvalue weighted by atomic mass is 28.3. The summed E-state index contributed by atoms with van der Waals surface area (Å²) < 4.78 is 0. The summed E-state index contributed by atoms with van der Waals surface area (Å²) in [4.78, 5) is 16.3. The van der Waals surface area contributed by atoms with E-state index >= 15 is 0 Å². The molecule has 0 aromatic carbocycles. The topological polar surface area (TPSA) is 56.0 Å². The Labute approximate surface area is 129 Å². The number of pyridine rings is 1. The fourth-order valence-electron chi connectivity index (χ4n) is 3.27. The summed E-state index contributed by atoms with van der Waals surface area (Å²) in [5.41, 5.74) is 11.1. The van der Waals surface area contributed by atoms with Crippen LogP contribution in [0.15, 0.2) is 18.3 Å². The van der Waals surface area contributed by atoms with Crippen molar-refractivity contribution < 1.29 is 4.79 Å². The molecule has 1 heterocycles. The van der Waals surface area contributed by atoms with Crippen LogP contribution in [0.4, 0.5) is 5.82 Å². The maximum atomic E-state index is 12.3. The normalized spacial score (nSPS) is 11.7. The van der Waals surface area contributed by atoms with Gasteiger partial charge in [0.2, 0.25) is 5.78 Å². The van der Waals surface area contributed by atoms with E-state index in [0.717, 1.165) is 0 Å². The molecule has 114 valence electrons. The second-order valence-corrected chi connectivity index (χ2v) is 12.0. The highest BCUT2D eigenvalue weighted by Gasteiger charge is 2.41. The third-order valence-corrected chi connectivity index (χ3v) is 10.6. The molecule has 0 radical (unpaired) electrons. The molecule has 0 fully saturated rings. The van der Waals surface area contributed by atoms with Gasteiger partial charge in [0.25, 0.3) is 0 Å². The van der Waals surface area contributed by atoms with Crippen LogP contribution in [0.5, 0.6) is 0 Å². The van der Waals surface area contributed by atoms with Gasteiger partial charge < -0.3 is 5.73 Å². The maximum absolute atomic E-state index is 12.3. The number of carbonyl (C=O) groups excluding carboxylic acids is 1. The number of hydrogen-bond donors (Lipinski definition) is 1. The summed E-state index contributed by atoms with van der Waals surface area (Å²) in [6, 6.07) is 3.39. The molecule has 0 aliphatic heterocycles. The molecule has 1 aromatic heterocycles. The van der Waals surface area contributed by atoms with E-state index in [1.165, 1.54) is 0 Å². The SMILES string of the molecule is CC(C)[Si](C#CC(=O)c1cccnc1N)(C(C)C)C(C)C. The van der Waals surface area contributed by atoms with Gasteiger partial charge in [-0.1, -0.05) is 41.5 Å². The largest absolute Gasteiger partial charge is 0.383 e. The molecule has 21 heavy (non-hydrogen) atoms. The lowest BCUT2D eigenvalue weighted by Gasteiger charge is -2.37. The van der Waals surface area contributed by atoms with Gasteiger partial charge in [-0.25, -0.2) is 4.98 Å². The van der Waals surface area contributed by atoms with Crippen LogP contribution in [-0.2, 0) is 0 Å². The Bertz CT molecular complexity index is 546. The van der Waals surface area contributed by atoms with Crippen molar-refractivity contribution in [3.05, 3.63) is 23.9 Å². The number of nitrogen functional groups attached to an aromatic ring is 1. The van der Waals surface area contributed by atoms with Gasteiger partial charge in [0, 0.05) is 6.20 Å². The number of ketones is 1. The Balaban J connectivity index is 3.23. The first-order chi connectivity index (χ1) is 9.73. The van der Waals surface area contributed by atoms with E-state index in [2.05, 4.69) is 58.0 Å². The average molecular weight is 302 g/mol. The second kappa shape index (κ2) is 6.90. The first kappa shape index (κ1) is 17.4. The van der Waals surface area contributed by atoms with Gasteiger partial charge in [0.05, 0.1) is 5.56 Å². The summed E-state index contributed by atoms with van der Waals surface area (Å²) in [6.45, 7) is 13.4. The molecule has 0 spiro atoms. The number of aromatic nitrogens is 1. The second-order valence-electron chi connectivity index (χ2n) is 6.41. The van der Waals surface area contributed by atoms with Crippen LogP contribution in [0, 0.1) is 11.5 Å². The minimum Gasteiger partial charge on any atom is -0.383 e. The van der Waals surface area contributed by atoms with Crippen LogP contribution in [0.25, 0.3) is 0 Å². The fraction of sp³-hybridized carbons (Fsp3) is 0.529. The highest BCUT2D eigenvalue weighted by Crippen LogP contribution is 2.40. The van der Waals surface area contributed by atoms with E-state index in [0.29, 0.717) is 22.2 Å². The van der Waals surface area contributed by atoms with E-state index in [9.17, 15) is 4.79 Å². The van der Waals surface area contributed by atoms with Crippen LogP contribution in [0.3, 0.4) is 0 Å². The molecule has 0 saturated heterocycles. The lowest BCUT2D eigenvalue weighted by atomic mass is 10.2. The predicted octanol–water partition coefficient (Wildman–Crippen LogP) is 4.07. The minimum absolute atomic E-state index is 0.223. The molecule has 4 heteroatoms. The first-order valence-electron chi connectivity index (χ1n) is 7.51. The van der Waals surface area contributed by atoms with Gasteiger partial charge in [0.15, 0.2) is 0 Å². The average Bonchev–Trinajstić information content (AvgIpc) is 2.38. The Morgan fingerprint density at radius 1 is 1.14 bits per heavy atom. The van der Waals surface area contributed by atoms with E-state index in [1.54, 1.807) is 18.3 Å². The molecule has 0 bridgehead atoms. The van der Waals surface area contributed by atoms with Crippen molar-refractivity contribution in [1.29, 1.82) is 0 Å². The van der Waals surface area contributed by atoms with E-state index in [-0.39, 0.29) is 11.6 Å². The zero-order valence-electron chi connectivity index (χ0n) is 13.9. The number of rotatable bonds is 4. The zero-order chi connectivity index (χ0) is 16.2. The smallest absolute Gasteiger partial charge is 0.239 e. The van der Waals surface area contributed by atoms with Crippen LogP contribution in [0.1, 0.15) is 51.9 Å². The Hall–Kier alpha value is -1.60. The van der Waals surface area contributed by atoms with Crippen molar-refractivity contribution in [2.24, 2.45) is 0 Å². The molecule has 0 aliphatic carbocycles. The molecule has 1 rings (SSSR count). The number of nitrogens with two attached hydrogens (primary N) is 1. The van der Waals surface area contributed by atoms with Gasteiger partial charge in [-0.2, -0.15) is 0 Å². The molecular weight excluding hydrogens is 276 g/mol. The Kier molecular flexibility index (Phi) is 5.74. The van der Waals surface area contributed by atoms with Crippen LogP contribution in [-0.4, -0.2) is 18.8 Å². The minimum atomic E-state index is -1.88. The highest BCUT2D eigenvalue weighted by molar-refractivity contribution is 6.90. The predicted molar refractivity (Wildman–Crippen MR) is 91.8 cm³/mol. The van der Waals surface area contributed by atoms with Crippen molar-refractivity contribution in [3.63, 3.8) is 0 Å². The molecular formula is C17H26N2OSi. The van der Waals surface area contributed by atoms with Crippen molar-refractivity contribution in [3.8, 4) is 11.5 Å². The van der Waals surface area contributed by atoms with E-state index < -0.39 is 8.07 Å². The summed E-state index contributed by atoms with van der Waals surface area (Å²) in [6.07, 6.45) is 1.58. The van der Waals surface area contributed by atoms with Crippen molar-refractivity contribution in [2.45, 2.75) is 58.2 Å². The monoisotopic (exact) mass is 302 g/mol.